The highest BCUT2D eigenvalue weighted by Gasteiger charge is 2.24. The fourth-order valence-electron chi connectivity index (χ4n) is 6.29. The molecule has 0 unspecified atom stereocenters. The summed E-state index contributed by atoms with van der Waals surface area (Å²) in [7, 11) is 0. The van der Waals surface area contributed by atoms with Gasteiger partial charge in [0.05, 0.1) is 11.0 Å². The minimum atomic E-state index is 0.961. The van der Waals surface area contributed by atoms with Gasteiger partial charge < -0.3 is 4.57 Å². The number of aromatic nitrogens is 1. The van der Waals surface area contributed by atoms with Crippen molar-refractivity contribution in [2.24, 2.45) is 0 Å². The van der Waals surface area contributed by atoms with Crippen LogP contribution in [-0.4, -0.2) is 4.57 Å². The van der Waals surface area contributed by atoms with Crippen LogP contribution in [0.15, 0.2) is 140 Å². The number of rotatable bonds is 3. The highest BCUT2D eigenvalue weighted by Crippen LogP contribution is 2.44. The smallest absolute Gasteiger partial charge is 0.0582 e. The Kier molecular flexibility index (Phi) is 4.65. The first kappa shape index (κ1) is 21.2. The maximum atomic E-state index is 2.51. The molecule has 0 bridgehead atoms. The lowest BCUT2D eigenvalue weighted by atomic mass is 9.97. The predicted octanol–water partition coefficient (Wildman–Crippen LogP) is 9.69. The molecule has 0 fully saturated rings. The molecule has 1 aliphatic carbocycles. The third-order valence-electron chi connectivity index (χ3n) is 8.01. The van der Waals surface area contributed by atoms with Gasteiger partial charge in [0, 0.05) is 22.9 Å². The molecule has 0 spiro atoms. The van der Waals surface area contributed by atoms with Crippen LogP contribution in [0.25, 0.3) is 60.9 Å². The molecule has 0 aliphatic heterocycles. The molecule has 38 heavy (non-hydrogen) atoms. The molecule has 0 amide bonds. The number of fused-ring (bicyclic) bond motifs is 7. The minimum Gasteiger partial charge on any atom is -0.309 e. The molecular formula is C37H25N. The average molecular weight is 484 g/mol. The summed E-state index contributed by atoms with van der Waals surface area (Å²) in [5, 5.41) is 2.62. The van der Waals surface area contributed by atoms with E-state index >= 15 is 0 Å². The van der Waals surface area contributed by atoms with Crippen molar-refractivity contribution in [2.75, 3.05) is 0 Å². The second-order valence-corrected chi connectivity index (χ2v) is 10.2. The van der Waals surface area contributed by atoms with E-state index in [4.69, 9.17) is 0 Å². The highest BCUT2D eigenvalue weighted by molar-refractivity contribution is 6.12. The molecule has 6 aromatic carbocycles. The van der Waals surface area contributed by atoms with Crippen molar-refractivity contribution >= 4 is 21.8 Å². The first-order valence-corrected chi connectivity index (χ1v) is 13.2. The Morgan fingerprint density at radius 3 is 1.82 bits per heavy atom. The van der Waals surface area contributed by atoms with E-state index in [1.807, 2.05) is 0 Å². The fraction of sp³-hybridized carbons (Fsp3) is 0.0270. The third kappa shape index (κ3) is 3.19. The summed E-state index contributed by atoms with van der Waals surface area (Å²) in [6.45, 7) is 0. The molecule has 0 saturated carbocycles. The van der Waals surface area contributed by atoms with E-state index in [1.54, 1.807) is 0 Å². The van der Waals surface area contributed by atoms with Gasteiger partial charge in [-0.3, -0.25) is 0 Å². The summed E-state index contributed by atoms with van der Waals surface area (Å²) in [5.74, 6) is 0. The largest absolute Gasteiger partial charge is 0.309 e. The maximum absolute atomic E-state index is 2.51. The summed E-state index contributed by atoms with van der Waals surface area (Å²) < 4.78 is 2.51. The maximum Gasteiger partial charge on any atom is 0.0582 e. The molecular weight excluding hydrogens is 458 g/mol. The molecule has 0 radical (unpaired) electrons. The van der Waals surface area contributed by atoms with E-state index in [0.29, 0.717) is 0 Å². The van der Waals surface area contributed by atoms with Gasteiger partial charge >= 0.3 is 0 Å². The zero-order chi connectivity index (χ0) is 25.1. The molecule has 0 atom stereocenters. The van der Waals surface area contributed by atoms with Gasteiger partial charge in [-0.05, 0) is 68.8 Å². The molecule has 1 heteroatoms. The molecule has 8 rings (SSSR count). The zero-order valence-corrected chi connectivity index (χ0v) is 20.9. The van der Waals surface area contributed by atoms with Crippen LogP contribution in [0.2, 0.25) is 0 Å². The molecule has 1 heterocycles. The summed E-state index contributed by atoms with van der Waals surface area (Å²) in [6.07, 6.45) is 0.961. The molecule has 178 valence electrons. The van der Waals surface area contributed by atoms with Gasteiger partial charge in [-0.25, -0.2) is 0 Å². The van der Waals surface area contributed by atoms with Crippen molar-refractivity contribution in [2.45, 2.75) is 6.42 Å². The van der Waals surface area contributed by atoms with Crippen LogP contribution in [-0.2, 0) is 6.42 Å². The van der Waals surface area contributed by atoms with Crippen molar-refractivity contribution in [3.8, 4) is 39.1 Å². The summed E-state index contributed by atoms with van der Waals surface area (Å²) in [6, 6.07) is 50.9. The van der Waals surface area contributed by atoms with Crippen LogP contribution in [0.1, 0.15) is 11.1 Å². The molecule has 0 saturated heterocycles. The fourth-order valence-corrected chi connectivity index (χ4v) is 6.29. The van der Waals surface area contributed by atoms with Crippen LogP contribution >= 0.6 is 0 Å². The van der Waals surface area contributed by atoms with E-state index in [0.717, 1.165) is 6.42 Å². The van der Waals surface area contributed by atoms with Gasteiger partial charge in [-0.15, -0.1) is 0 Å². The Morgan fingerprint density at radius 2 is 1.08 bits per heavy atom. The van der Waals surface area contributed by atoms with Gasteiger partial charge in [-0.1, -0.05) is 115 Å². The Balaban J connectivity index is 1.48. The number of para-hydroxylation sites is 1. The number of nitrogens with zero attached hydrogens (tertiary/aromatic N) is 1. The number of hydrogen-bond donors (Lipinski definition) is 0. The lowest BCUT2D eigenvalue weighted by molar-refractivity contribution is 1.15. The minimum absolute atomic E-state index is 0.961. The molecule has 1 aliphatic rings. The van der Waals surface area contributed by atoms with Crippen LogP contribution in [0.4, 0.5) is 0 Å². The van der Waals surface area contributed by atoms with Crippen molar-refractivity contribution in [1.82, 2.24) is 4.57 Å². The normalized spacial score (nSPS) is 12.1. The van der Waals surface area contributed by atoms with E-state index in [2.05, 4.69) is 144 Å². The lowest BCUT2D eigenvalue weighted by Gasteiger charge is -2.15. The highest BCUT2D eigenvalue weighted by atomic mass is 15.0. The SMILES string of the molecule is c1ccc(-c2cc(-c3ccccc3)cc(-n3c4ccccc4c4ccc5c(c43)Cc3ccccc3-5)c2)cc1. The van der Waals surface area contributed by atoms with Gasteiger partial charge in [-0.2, -0.15) is 0 Å². The lowest BCUT2D eigenvalue weighted by Crippen LogP contribution is -1.98. The Hall–Kier alpha value is -4.88. The van der Waals surface area contributed by atoms with Gasteiger partial charge in [0.2, 0.25) is 0 Å². The number of benzene rings is 6. The predicted molar refractivity (Wildman–Crippen MR) is 160 cm³/mol. The second kappa shape index (κ2) is 8.33. The molecule has 7 aromatic rings. The summed E-state index contributed by atoms with van der Waals surface area (Å²) >= 11 is 0. The Morgan fingerprint density at radius 1 is 0.447 bits per heavy atom. The van der Waals surface area contributed by atoms with E-state index in [9.17, 15) is 0 Å². The van der Waals surface area contributed by atoms with Crippen LogP contribution < -0.4 is 0 Å². The van der Waals surface area contributed by atoms with Crippen LogP contribution in [0, 0.1) is 0 Å². The first-order valence-electron chi connectivity index (χ1n) is 13.2. The van der Waals surface area contributed by atoms with Gasteiger partial charge in [0.25, 0.3) is 0 Å². The summed E-state index contributed by atoms with van der Waals surface area (Å²) in [4.78, 5) is 0. The van der Waals surface area contributed by atoms with Crippen molar-refractivity contribution in [3.05, 3.63) is 151 Å². The third-order valence-corrected chi connectivity index (χ3v) is 8.01. The second-order valence-electron chi connectivity index (χ2n) is 10.2. The molecule has 1 nitrogen and oxygen atoms in total. The number of hydrogen-bond acceptors (Lipinski definition) is 0. The van der Waals surface area contributed by atoms with Crippen molar-refractivity contribution in [1.29, 1.82) is 0 Å². The van der Waals surface area contributed by atoms with E-state index in [1.165, 1.54) is 72.0 Å². The summed E-state index contributed by atoms with van der Waals surface area (Å²) in [5.41, 5.74) is 14.2. The Labute approximate surface area is 222 Å². The average Bonchev–Trinajstić information content (AvgIpc) is 3.54. The van der Waals surface area contributed by atoms with Crippen molar-refractivity contribution < 1.29 is 0 Å². The first-order chi connectivity index (χ1) is 18.8. The van der Waals surface area contributed by atoms with Gasteiger partial charge in [0.1, 0.15) is 0 Å². The van der Waals surface area contributed by atoms with Crippen LogP contribution in [0.3, 0.4) is 0 Å². The zero-order valence-electron chi connectivity index (χ0n) is 20.9. The topological polar surface area (TPSA) is 4.93 Å². The molecule has 0 N–H and O–H groups in total. The Bertz CT molecular complexity index is 1920. The quantitative estimate of drug-likeness (QED) is 0.236. The van der Waals surface area contributed by atoms with E-state index < -0.39 is 0 Å². The van der Waals surface area contributed by atoms with E-state index in [-0.39, 0.29) is 0 Å². The van der Waals surface area contributed by atoms with Crippen molar-refractivity contribution in [3.63, 3.8) is 0 Å². The van der Waals surface area contributed by atoms with Crippen LogP contribution in [0.5, 0.6) is 0 Å². The molecule has 1 aromatic heterocycles. The monoisotopic (exact) mass is 483 g/mol. The standard InChI is InChI=1S/C37H25N/c1-3-11-25(12-4-1)28-21-29(26-13-5-2-6-14-26)23-30(22-28)38-36-18-10-9-17-33(36)34-20-19-32-31-16-8-7-15-27(31)24-35(32)37(34)38/h1-23H,24H2. The van der Waals surface area contributed by atoms with Gasteiger partial charge in [0.15, 0.2) is 0 Å².